The third-order valence-electron chi connectivity index (χ3n) is 8.50. The van der Waals surface area contributed by atoms with E-state index in [0.717, 1.165) is 10.1 Å². The summed E-state index contributed by atoms with van der Waals surface area (Å²) in [7, 11) is 1.35. The number of aliphatic hydroxyl groups is 2. The van der Waals surface area contributed by atoms with Gasteiger partial charge in [-0.3, -0.25) is 28.5 Å². The minimum Gasteiger partial charge on any atom is -0.394 e. The molecular weight excluding hydrogens is 618 g/mol. The number of aromatic amines is 1. The molecule has 0 spiro atoms. The second-order valence-electron chi connectivity index (χ2n) is 11.7. The number of hydrogen-bond acceptors (Lipinski definition) is 11. The molecule has 47 heavy (non-hydrogen) atoms. The van der Waals surface area contributed by atoms with E-state index in [-0.39, 0.29) is 44.9 Å². The lowest BCUT2D eigenvalue weighted by Gasteiger charge is -2.22. The van der Waals surface area contributed by atoms with Gasteiger partial charge >= 0.3 is 11.4 Å². The summed E-state index contributed by atoms with van der Waals surface area (Å²) in [5, 5.41) is 23.6. The van der Waals surface area contributed by atoms with E-state index in [0.29, 0.717) is 5.56 Å². The molecule has 1 aromatic carbocycles. The molecule has 2 saturated heterocycles. The molecule has 0 bridgehead atoms. The Balaban J connectivity index is 1.23. The van der Waals surface area contributed by atoms with Gasteiger partial charge in [0.05, 0.1) is 19.3 Å². The average molecular weight is 658 g/mol. The van der Waals surface area contributed by atoms with Crippen LogP contribution in [-0.2, 0) is 37.1 Å². The predicted molar refractivity (Wildman–Crippen MR) is 164 cm³/mol. The standard InChI is InChI=1S/C31H39N5O11/c1-17-12-34(30(42)33-27(17)40)24-10-20(22(14-37)46-24)9-23(38)32-11-21-25(39)26(44-3)29(47-21)35-13-18(2)28(41)36(31(35)43)16-45-15-19-7-5-4-6-8-19/h4-8,12-13,20-22,24-26,29,37,39H,9-11,14-16H2,1-3H3,(H,32,38)(H,33,40,42)/t20-,21+,22+,24+,25+,26+,29+/m0/s1. The van der Waals surface area contributed by atoms with Crippen molar-refractivity contribution in [3.8, 4) is 0 Å². The molecule has 0 radical (unpaired) electrons. The van der Waals surface area contributed by atoms with Crippen LogP contribution in [0.5, 0.6) is 0 Å². The van der Waals surface area contributed by atoms with E-state index in [1.54, 1.807) is 13.8 Å². The predicted octanol–water partition coefficient (Wildman–Crippen LogP) is -0.973. The molecule has 2 aromatic heterocycles. The third kappa shape index (κ3) is 7.37. The lowest BCUT2D eigenvalue weighted by atomic mass is 9.96. The summed E-state index contributed by atoms with van der Waals surface area (Å²) in [6.45, 7) is 2.44. The molecule has 4 heterocycles. The normalized spacial score (nSPS) is 25.7. The van der Waals surface area contributed by atoms with Crippen LogP contribution in [0.2, 0.25) is 0 Å². The lowest BCUT2D eigenvalue weighted by Crippen LogP contribution is -2.45. The lowest BCUT2D eigenvalue weighted by molar-refractivity contribution is -0.123. The Morgan fingerprint density at radius 3 is 2.47 bits per heavy atom. The van der Waals surface area contributed by atoms with Crippen LogP contribution >= 0.6 is 0 Å². The summed E-state index contributed by atoms with van der Waals surface area (Å²) in [5.41, 5.74) is -1.01. The molecule has 7 atom stereocenters. The van der Waals surface area contributed by atoms with Crippen LogP contribution in [0.3, 0.4) is 0 Å². The summed E-state index contributed by atoms with van der Waals surface area (Å²) in [4.78, 5) is 65.6. The van der Waals surface area contributed by atoms with Crippen LogP contribution in [0, 0.1) is 19.8 Å². The van der Waals surface area contributed by atoms with E-state index < -0.39 is 71.2 Å². The van der Waals surface area contributed by atoms with E-state index in [1.165, 1.54) is 28.6 Å². The van der Waals surface area contributed by atoms with Crippen molar-refractivity contribution >= 4 is 5.91 Å². The van der Waals surface area contributed by atoms with Crippen molar-refractivity contribution < 1.29 is 34.0 Å². The maximum atomic E-state index is 13.4. The Labute approximate surface area is 268 Å². The number of ether oxygens (including phenoxy) is 4. The minimum absolute atomic E-state index is 0.0641. The van der Waals surface area contributed by atoms with Crippen molar-refractivity contribution in [2.45, 2.75) is 76.9 Å². The number of amides is 1. The quantitative estimate of drug-likeness (QED) is 0.186. The molecule has 0 saturated carbocycles. The van der Waals surface area contributed by atoms with Gasteiger partial charge in [-0.1, -0.05) is 30.3 Å². The van der Waals surface area contributed by atoms with Gasteiger partial charge in [0.15, 0.2) is 6.23 Å². The van der Waals surface area contributed by atoms with E-state index in [2.05, 4.69) is 10.3 Å². The smallest absolute Gasteiger partial charge is 0.335 e. The van der Waals surface area contributed by atoms with Crippen molar-refractivity contribution in [1.82, 2.24) is 24.0 Å². The molecule has 254 valence electrons. The molecule has 16 heteroatoms. The summed E-state index contributed by atoms with van der Waals surface area (Å²) < 4.78 is 26.3. The summed E-state index contributed by atoms with van der Waals surface area (Å²) in [6.07, 6.45) is -2.99. The van der Waals surface area contributed by atoms with Crippen LogP contribution in [0.1, 0.15) is 42.0 Å². The zero-order valence-corrected chi connectivity index (χ0v) is 26.2. The number of methoxy groups -OCH3 is 1. The van der Waals surface area contributed by atoms with Crippen molar-refractivity contribution in [3.05, 3.63) is 101 Å². The second-order valence-corrected chi connectivity index (χ2v) is 11.7. The molecule has 16 nitrogen and oxygen atoms in total. The number of nitrogens with one attached hydrogen (secondary N) is 2. The first-order chi connectivity index (χ1) is 22.5. The van der Waals surface area contributed by atoms with Crippen molar-refractivity contribution in [1.29, 1.82) is 0 Å². The fraction of sp³-hybridized carbons (Fsp3) is 0.516. The Bertz CT molecular complexity index is 1800. The van der Waals surface area contributed by atoms with Gasteiger partial charge in [0.2, 0.25) is 5.91 Å². The molecule has 2 fully saturated rings. The summed E-state index contributed by atoms with van der Waals surface area (Å²) in [5.74, 6) is -0.877. The fourth-order valence-electron chi connectivity index (χ4n) is 5.94. The highest BCUT2D eigenvalue weighted by molar-refractivity contribution is 5.76. The Morgan fingerprint density at radius 2 is 1.77 bits per heavy atom. The summed E-state index contributed by atoms with van der Waals surface area (Å²) >= 11 is 0. The second kappa shape index (κ2) is 14.7. The van der Waals surface area contributed by atoms with Crippen LogP contribution in [0.15, 0.2) is 61.9 Å². The maximum absolute atomic E-state index is 13.4. The highest BCUT2D eigenvalue weighted by Gasteiger charge is 2.46. The number of nitrogens with zero attached hydrogens (tertiary/aromatic N) is 3. The van der Waals surface area contributed by atoms with E-state index >= 15 is 0 Å². The molecule has 1 amide bonds. The topological polar surface area (TPSA) is 205 Å². The number of aliphatic hydroxyl groups excluding tert-OH is 2. The fourth-order valence-corrected chi connectivity index (χ4v) is 5.94. The minimum atomic E-state index is -1.24. The van der Waals surface area contributed by atoms with E-state index in [9.17, 15) is 34.2 Å². The van der Waals surface area contributed by atoms with E-state index in [1.807, 2.05) is 30.3 Å². The largest absolute Gasteiger partial charge is 0.394 e. The van der Waals surface area contributed by atoms with Crippen molar-refractivity contribution in [2.75, 3.05) is 20.3 Å². The number of carbonyl (C=O) groups excluding carboxylic acids is 1. The van der Waals surface area contributed by atoms with Crippen molar-refractivity contribution in [2.24, 2.45) is 5.92 Å². The Kier molecular flexibility index (Phi) is 10.7. The molecule has 0 aliphatic carbocycles. The molecule has 5 rings (SSSR count). The van der Waals surface area contributed by atoms with Gasteiger partial charge < -0.3 is 34.5 Å². The number of rotatable bonds is 12. The van der Waals surface area contributed by atoms with E-state index in [4.69, 9.17) is 18.9 Å². The van der Waals surface area contributed by atoms with Gasteiger partial charge in [-0.15, -0.1) is 0 Å². The number of H-pyrrole nitrogens is 1. The van der Waals surface area contributed by atoms with Gasteiger partial charge in [0.25, 0.3) is 11.1 Å². The molecular formula is C31H39N5O11. The molecule has 0 unspecified atom stereocenters. The highest BCUT2D eigenvalue weighted by Crippen LogP contribution is 2.35. The van der Waals surface area contributed by atoms with Crippen LogP contribution in [0.25, 0.3) is 0 Å². The number of hydrogen-bond donors (Lipinski definition) is 4. The average Bonchev–Trinajstić information content (AvgIpc) is 3.61. The number of aryl methyl sites for hydroxylation is 2. The monoisotopic (exact) mass is 657 g/mol. The molecule has 3 aromatic rings. The first-order valence-electron chi connectivity index (χ1n) is 15.2. The van der Waals surface area contributed by atoms with Gasteiger partial charge in [0.1, 0.15) is 31.3 Å². The van der Waals surface area contributed by atoms with Gasteiger partial charge in [0, 0.05) is 49.5 Å². The molecule has 4 N–H and O–H groups in total. The van der Waals surface area contributed by atoms with Crippen molar-refractivity contribution in [3.63, 3.8) is 0 Å². The van der Waals surface area contributed by atoms with Crippen LogP contribution in [-0.4, -0.2) is 79.5 Å². The molecule has 2 aliphatic heterocycles. The van der Waals surface area contributed by atoms with Gasteiger partial charge in [-0.25, -0.2) is 14.2 Å². The summed E-state index contributed by atoms with van der Waals surface area (Å²) in [6, 6.07) is 9.27. The van der Waals surface area contributed by atoms with Crippen LogP contribution in [0.4, 0.5) is 0 Å². The first-order valence-corrected chi connectivity index (χ1v) is 15.2. The number of carbonyl (C=O) groups is 1. The number of benzene rings is 1. The Morgan fingerprint density at radius 1 is 1.04 bits per heavy atom. The zero-order valence-electron chi connectivity index (χ0n) is 26.2. The highest BCUT2D eigenvalue weighted by atomic mass is 16.6. The first kappa shape index (κ1) is 34.2. The maximum Gasteiger partial charge on any atom is 0.335 e. The SMILES string of the molecule is CO[C@@H]1[C@H](O)[C@@H](CNC(=O)C[C@H]2C[C@H](n3cc(C)c(=O)[nH]c3=O)O[C@@H]2CO)O[C@H]1n1cc(C)c(=O)n(COCc2ccccc2)c1=O. The van der Waals surface area contributed by atoms with Gasteiger partial charge in [-0.05, 0) is 25.8 Å². The Hall–Kier alpha value is -4.19. The van der Waals surface area contributed by atoms with Gasteiger partial charge in [-0.2, -0.15) is 0 Å². The zero-order chi connectivity index (χ0) is 33.8. The number of aromatic nitrogens is 4. The molecule has 2 aliphatic rings. The van der Waals surface area contributed by atoms with Crippen LogP contribution < -0.4 is 27.8 Å². The third-order valence-corrected chi connectivity index (χ3v) is 8.50.